The molecule has 134 valence electrons. The third-order valence-corrected chi connectivity index (χ3v) is 27.6. The monoisotopic (exact) mass is 412 g/mol. The van der Waals surface area contributed by atoms with E-state index in [9.17, 15) is 14.0 Å². The van der Waals surface area contributed by atoms with E-state index in [-0.39, 0.29) is 15.2 Å². The van der Waals surface area contributed by atoms with Crippen LogP contribution in [0.5, 0.6) is 0 Å². The van der Waals surface area contributed by atoms with E-state index < -0.39 is 33.9 Å². The Kier molecular flexibility index (Phi) is 12.8. The molecule has 0 heterocycles. The molecule has 0 amide bonds. The summed E-state index contributed by atoms with van der Waals surface area (Å²) in [6.45, 7) is 2.58. The van der Waals surface area contributed by atoms with Crippen molar-refractivity contribution >= 4 is 42.8 Å². The highest BCUT2D eigenvalue weighted by molar-refractivity contribution is 7.52. The Labute approximate surface area is 146 Å². The average Bonchev–Trinajstić information content (AvgIpc) is 2.59. The Morgan fingerprint density at radius 1 is 1.04 bits per heavy atom. The van der Waals surface area contributed by atoms with Crippen molar-refractivity contribution in [2.45, 2.75) is 37.5 Å². The van der Waals surface area contributed by atoms with Crippen LogP contribution < -0.4 is 0 Å². The third-order valence-electron chi connectivity index (χ3n) is 4.35. The number of aliphatic hydroxyl groups excluding tert-OH is 1. The number of hydrogen-bond donors (Lipinski definition) is 1. The second kappa shape index (κ2) is 12.7. The molecule has 0 aromatic carbocycles. The Morgan fingerprint density at radius 2 is 1.65 bits per heavy atom. The summed E-state index contributed by atoms with van der Waals surface area (Å²) in [6.07, 6.45) is 1.90. The van der Waals surface area contributed by atoms with Gasteiger partial charge in [0.25, 0.3) is 8.92 Å². The predicted molar refractivity (Wildman–Crippen MR) is 95.1 cm³/mol. The van der Waals surface area contributed by atoms with Crippen molar-refractivity contribution in [2.24, 2.45) is 0 Å². The van der Waals surface area contributed by atoms with E-state index in [2.05, 4.69) is 6.55 Å². The number of aliphatic hydroxyl groups is 1. The quantitative estimate of drug-likeness (QED) is 0.301. The zero-order valence-electron chi connectivity index (χ0n) is 14.4. The summed E-state index contributed by atoms with van der Waals surface area (Å²) in [6, 6.07) is 2.35. The molecule has 0 saturated heterocycles. The predicted octanol–water partition coefficient (Wildman–Crippen LogP) is 0.0880. The molecule has 23 heavy (non-hydrogen) atoms. The van der Waals surface area contributed by atoms with Crippen molar-refractivity contribution in [3.05, 3.63) is 0 Å². The molecule has 0 bridgehead atoms. The first-order valence-electron chi connectivity index (χ1n) is 7.62. The highest BCUT2D eigenvalue weighted by Crippen LogP contribution is 2.24. The van der Waals surface area contributed by atoms with Gasteiger partial charge in [0, 0.05) is 33.6 Å². The molecule has 2 radical (unpaired) electrons. The smallest absolute Gasteiger partial charge is 0.520 e. The first-order chi connectivity index (χ1) is 11.0. The molecule has 0 aliphatic rings. The van der Waals surface area contributed by atoms with Gasteiger partial charge in [-0.3, -0.25) is 0 Å². The largest absolute Gasteiger partial charge is 0.594 e. The molecule has 7 nitrogen and oxygen atoms in total. The van der Waals surface area contributed by atoms with Crippen LogP contribution in [0.25, 0.3) is 0 Å². The molecule has 0 saturated carbocycles. The van der Waals surface area contributed by atoms with E-state index in [0.29, 0.717) is 12.7 Å². The lowest BCUT2D eigenvalue weighted by Gasteiger charge is -2.31. The third kappa shape index (κ3) is 7.83. The van der Waals surface area contributed by atoms with Gasteiger partial charge >= 0.3 is 18.5 Å². The zero-order chi connectivity index (χ0) is 17.8. The summed E-state index contributed by atoms with van der Waals surface area (Å²) < 4.78 is 43.3. The van der Waals surface area contributed by atoms with Gasteiger partial charge < -0.3 is 31.7 Å². The van der Waals surface area contributed by atoms with E-state index in [4.69, 9.17) is 17.7 Å². The van der Waals surface area contributed by atoms with E-state index in [1.54, 1.807) is 21.3 Å². The highest BCUT2D eigenvalue weighted by Gasteiger charge is 2.45. The van der Waals surface area contributed by atoms with Crippen LogP contribution in [0.15, 0.2) is 0 Å². The first-order valence-corrected chi connectivity index (χ1v) is 18.4. The summed E-state index contributed by atoms with van der Waals surface area (Å²) in [5, 5.41) is 9.80. The molecule has 2 unspecified atom stereocenters. The van der Waals surface area contributed by atoms with Crippen LogP contribution in [-0.4, -0.2) is 82.1 Å². The molecule has 0 aromatic heterocycles. The van der Waals surface area contributed by atoms with E-state index in [1.165, 1.54) is 0 Å². The van der Waals surface area contributed by atoms with Gasteiger partial charge in [0.2, 0.25) is 0 Å². The lowest BCUT2D eigenvalue weighted by Crippen LogP contribution is -2.55. The van der Waals surface area contributed by atoms with Crippen LogP contribution in [0.2, 0.25) is 24.7 Å². The van der Waals surface area contributed by atoms with Crippen LogP contribution in [0.3, 0.4) is 0 Å². The van der Waals surface area contributed by atoms with Gasteiger partial charge in [0.1, 0.15) is 7.11 Å². The topological polar surface area (TPSA) is 91.3 Å². The standard InChI is InChI=1S/C11H28O7Si5/c1-15-23(16-2,17-3)10-9-22(4,20-14)21(11-12)8-6-5-7-18-19-13/h12,21H,5-11H2,1-4H3. The molecule has 0 aromatic rings. The normalized spacial score (nSPS) is 15.7. The van der Waals surface area contributed by atoms with Crippen molar-refractivity contribution in [3.8, 4) is 0 Å². The van der Waals surface area contributed by atoms with Crippen LogP contribution >= 0.6 is 0 Å². The Balaban J connectivity index is 4.68. The van der Waals surface area contributed by atoms with Crippen LogP contribution in [-0.2, 0) is 26.6 Å². The fraction of sp³-hybridized carbons (Fsp3) is 1.00. The summed E-state index contributed by atoms with van der Waals surface area (Å²) in [5.74, 6) is 0. The lowest BCUT2D eigenvalue weighted by molar-refractivity contribution is 0.125. The van der Waals surface area contributed by atoms with Crippen LogP contribution in [0.4, 0.5) is 0 Å². The van der Waals surface area contributed by atoms with Crippen molar-refractivity contribution in [1.82, 2.24) is 0 Å². The molecular weight excluding hydrogens is 385 g/mol. The fourth-order valence-electron chi connectivity index (χ4n) is 2.53. The van der Waals surface area contributed by atoms with Gasteiger partial charge in [-0.05, 0) is 6.42 Å². The number of hydrogen-bond acceptors (Lipinski definition) is 7. The minimum absolute atomic E-state index is 0.170. The van der Waals surface area contributed by atoms with Crippen molar-refractivity contribution in [1.29, 1.82) is 0 Å². The van der Waals surface area contributed by atoms with E-state index in [0.717, 1.165) is 24.9 Å². The molecule has 1 N–H and O–H groups in total. The van der Waals surface area contributed by atoms with Gasteiger partial charge in [0.15, 0.2) is 0 Å². The molecule has 0 rings (SSSR count). The van der Waals surface area contributed by atoms with E-state index in [1.807, 2.05) is 0 Å². The van der Waals surface area contributed by atoms with Gasteiger partial charge in [-0.25, -0.2) is 0 Å². The Hall–Kier alpha value is 0.324. The first kappa shape index (κ1) is 23.3. The lowest BCUT2D eigenvalue weighted by atomic mass is 10.4. The summed E-state index contributed by atoms with van der Waals surface area (Å²) in [7, 11) is -2.51. The minimum Gasteiger partial charge on any atom is -0.520 e. The van der Waals surface area contributed by atoms with Gasteiger partial charge in [0.05, 0.1) is 14.9 Å². The summed E-state index contributed by atoms with van der Waals surface area (Å²) in [4.78, 5) is 0. The maximum Gasteiger partial charge on any atom is 0.594 e. The molecule has 12 heteroatoms. The summed E-state index contributed by atoms with van der Waals surface area (Å²) in [5.41, 5.74) is 0. The van der Waals surface area contributed by atoms with Crippen LogP contribution in [0, 0.1) is 0 Å². The van der Waals surface area contributed by atoms with Crippen LogP contribution in [0.1, 0.15) is 12.8 Å². The molecule has 0 aliphatic carbocycles. The molecule has 0 aliphatic heterocycles. The van der Waals surface area contributed by atoms with Crippen molar-refractivity contribution < 1.29 is 31.7 Å². The maximum atomic E-state index is 11.9. The SMILES string of the molecule is CO[Si](CC[Si](C)([Si]=O)[SiH](CO)CCCCO[Si]=O)(OC)OC. The van der Waals surface area contributed by atoms with Gasteiger partial charge in [-0.2, -0.15) is 0 Å². The molecular formula is C11H28O7Si5. The maximum absolute atomic E-state index is 11.9. The second-order valence-electron chi connectivity index (χ2n) is 5.62. The minimum atomic E-state index is -2.66. The Morgan fingerprint density at radius 3 is 2.09 bits per heavy atom. The van der Waals surface area contributed by atoms with Gasteiger partial charge in [-0.1, -0.05) is 25.1 Å². The zero-order valence-corrected chi connectivity index (χ0v) is 19.6. The average molecular weight is 413 g/mol. The van der Waals surface area contributed by atoms with Gasteiger partial charge in [-0.15, -0.1) is 0 Å². The molecule has 0 spiro atoms. The van der Waals surface area contributed by atoms with Crippen molar-refractivity contribution in [3.63, 3.8) is 0 Å². The fourth-order valence-corrected chi connectivity index (χ4v) is 21.7. The molecule has 2 atom stereocenters. The molecule has 0 fully saturated rings. The second-order valence-corrected chi connectivity index (χ2v) is 27.1. The Bertz CT molecular complexity index is 336. The highest BCUT2D eigenvalue weighted by atomic mass is 29.6. The number of rotatable bonds is 15. The van der Waals surface area contributed by atoms with E-state index >= 15 is 0 Å². The van der Waals surface area contributed by atoms with Crippen molar-refractivity contribution in [2.75, 3.05) is 34.2 Å². The number of unbranched alkanes of at least 4 members (excludes halogenated alkanes) is 1. The summed E-state index contributed by atoms with van der Waals surface area (Å²) >= 11 is 0.